The van der Waals surface area contributed by atoms with E-state index in [1.54, 1.807) is 12.3 Å². The molecule has 0 amide bonds. The fourth-order valence-electron chi connectivity index (χ4n) is 1.73. The summed E-state index contributed by atoms with van der Waals surface area (Å²) >= 11 is 0. The molecule has 1 aromatic carbocycles. The summed E-state index contributed by atoms with van der Waals surface area (Å²) in [7, 11) is 0. The van der Waals surface area contributed by atoms with Gasteiger partial charge in [0.15, 0.2) is 0 Å². The lowest BCUT2D eigenvalue weighted by molar-refractivity contribution is 0.489. The van der Waals surface area contributed by atoms with Crippen LogP contribution >= 0.6 is 0 Å². The number of furan rings is 1. The fraction of sp³-hybridized carbons (Fsp3) is 0.214. The maximum atomic E-state index is 8.88. The van der Waals surface area contributed by atoms with E-state index in [-0.39, 0.29) is 0 Å². The highest BCUT2D eigenvalue weighted by Gasteiger charge is 2.08. The highest BCUT2D eigenvalue weighted by Crippen LogP contribution is 2.25. The molecule has 2 aromatic rings. The summed E-state index contributed by atoms with van der Waals surface area (Å²) in [6.45, 7) is 3.66. The van der Waals surface area contributed by atoms with Gasteiger partial charge in [-0.3, -0.25) is 0 Å². The van der Waals surface area contributed by atoms with E-state index in [9.17, 15) is 0 Å². The molecule has 3 nitrogen and oxygen atoms in total. The highest BCUT2D eigenvalue weighted by atomic mass is 16.3. The number of nitrogens with one attached hydrogen (secondary N) is 1. The standard InChI is InChI=1S/C14H14N2O/c1-2-16-10-14-13(6-7-17-14)12-5-3-4-11(8-12)9-15/h3-8,16H,2,10H2,1H3. The summed E-state index contributed by atoms with van der Waals surface area (Å²) in [4.78, 5) is 0. The number of hydrogen-bond donors (Lipinski definition) is 1. The molecule has 0 atom stereocenters. The second-order valence-electron chi connectivity index (χ2n) is 3.73. The lowest BCUT2D eigenvalue weighted by Crippen LogP contribution is -2.11. The zero-order valence-electron chi connectivity index (χ0n) is 9.73. The smallest absolute Gasteiger partial charge is 0.125 e. The Morgan fingerprint density at radius 3 is 3.00 bits per heavy atom. The van der Waals surface area contributed by atoms with Crippen LogP contribution in [-0.2, 0) is 6.54 Å². The van der Waals surface area contributed by atoms with Gasteiger partial charge in [-0.1, -0.05) is 19.1 Å². The van der Waals surface area contributed by atoms with Gasteiger partial charge in [-0.25, -0.2) is 0 Å². The van der Waals surface area contributed by atoms with Gasteiger partial charge < -0.3 is 9.73 Å². The summed E-state index contributed by atoms with van der Waals surface area (Å²) in [5, 5.41) is 12.1. The minimum atomic E-state index is 0.665. The second-order valence-corrected chi connectivity index (χ2v) is 3.73. The molecule has 1 aromatic heterocycles. The first kappa shape index (κ1) is 11.4. The van der Waals surface area contributed by atoms with Gasteiger partial charge in [0.1, 0.15) is 5.76 Å². The molecule has 0 radical (unpaired) electrons. The van der Waals surface area contributed by atoms with Crippen LogP contribution in [0.1, 0.15) is 18.2 Å². The van der Waals surface area contributed by atoms with Crippen molar-refractivity contribution >= 4 is 0 Å². The Morgan fingerprint density at radius 2 is 2.24 bits per heavy atom. The molecule has 2 rings (SSSR count). The van der Waals surface area contributed by atoms with Gasteiger partial charge in [-0.2, -0.15) is 5.26 Å². The van der Waals surface area contributed by atoms with Crippen molar-refractivity contribution in [1.82, 2.24) is 5.32 Å². The minimum Gasteiger partial charge on any atom is -0.467 e. The summed E-state index contributed by atoms with van der Waals surface area (Å²) in [6, 6.07) is 11.6. The van der Waals surface area contributed by atoms with Crippen molar-refractivity contribution in [2.24, 2.45) is 0 Å². The van der Waals surface area contributed by atoms with E-state index in [2.05, 4.69) is 18.3 Å². The van der Waals surface area contributed by atoms with E-state index < -0.39 is 0 Å². The first-order chi connectivity index (χ1) is 8.35. The van der Waals surface area contributed by atoms with Crippen molar-refractivity contribution in [1.29, 1.82) is 5.26 Å². The third kappa shape index (κ3) is 2.55. The Balaban J connectivity index is 2.33. The van der Waals surface area contributed by atoms with Gasteiger partial charge in [0.05, 0.1) is 24.4 Å². The van der Waals surface area contributed by atoms with Crippen LogP contribution in [0.5, 0.6) is 0 Å². The summed E-state index contributed by atoms with van der Waals surface area (Å²) in [6.07, 6.45) is 1.68. The van der Waals surface area contributed by atoms with Gasteiger partial charge in [0, 0.05) is 5.56 Å². The quantitative estimate of drug-likeness (QED) is 0.872. The van der Waals surface area contributed by atoms with Crippen LogP contribution in [0.2, 0.25) is 0 Å². The Bertz CT molecular complexity index is 537. The SMILES string of the molecule is CCNCc1occc1-c1cccc(C#N)c1. The molecule has 0 saturated carbocycles. The third-order valence-corrected chi connectivity index (χ3v) is 2.58. The Labute approximate surface area is 101 Å². The molecule has 0 unspecified atom stereocenters. The van der Waals surface area contributed by atoms with E-state index in [0.717, 1.165) is 23.4 Å². The van der Waals surface area contributed by atoms with Crippen molar-refractivity contribution in [2.75, 3.05) is 6.54 Å². The van der Waals surface area contributed by atoms with Gasteiger partial charge in [-0.05, 0) is 30.3 Å². The van der Waals surface area contributed by atoms with Gasteiger partial charge in [-0.15, -0.1) is 0 Å². The normalized spacial score (nSPS) is 10.1. The summed E-state index contributed by atoms with van der Waals surface area (Å²) in [5.74, 6) is 0.905. The molecule has 1 N–H and O–H groups in total. The van der Waals surface area contributed by atoms with Crippen LogP contribution in [0.25, 0.3) is 11.1 Å². The van der Waals surface area contributed by atoms with Crippen LogP contribution in [0.3, 0.4) is 0 Å². The average molecular weight is 226 g/mol. The van der Waals surface area contributed by atoms with Crippen LogP contribution in [0, 0.1) is 11.3 Å². The van der Waals surface area contributed by atoms with Crippen molar-refractivity contribution in [3.8, 4) is 17.2 Å². The zero-order valence-corrected chi connectivity index (χ0v) is 9.73. The zero-order chi connectivity index (χ0) is 12.1. The van der Waals surface area contributed by atoms with Gasteiger partial charge in [0.2, 0.25) is 0 Å². The predicted molar refractivity (Wildman–Crippen MR) is 66.2 cm³/mol. The number of rotatable bonds is 4. The Hall–Kier alpha value is -2.05. The van der Waals surface area contributed by atoms with E-state index >= 15 is 0 Å². The monoisotopic (exact) mass is 226 g/mol. The molecule has 86 valence electrons. The molecule has 0 saturated heterocycles. The first-order valence-electron chi connectivity index (χ1n) is 5.62. The molecule has 0 aliphatic rings. The molecule has 0 fully saturated rings. The van der Waals surface area contributed by atoms with Crippen LogP contribution in [0.15, 0.2) is 41.0 Å². The average Bonchev–Trinajstić information content (AvgIpc) is 2.84. The molecular weight excluding hydrogens is 212 g/mol. The van der Waals surface area contributed by atoms with E-state index in [0.29, 0.717) is 12.1 Å². The molecule has 0 bridgehead atoms. The number of hydrogen-bond acceptors (Lipinski definition) is 3. The van der Waals surface area contributed by atoms with Gasteiger partial charge >= 0.3 is 0 Å². The molecule has 3 heteroatoms. The molecule has 0 aliphatic carbocycles. The number of benzene rings is 1. The number of nitriles is 1. The summed E-state index contributed by atoms with van der Waals surface area (Å²) in [5.41, 5.74) is 2.73. The van der Waals surface area contributed by atoms with Crippen molar-refractivity contribution < 1.29 is 4.42 Å². The van der Waals surface area contributed by atoms with Crippen molar-refractivity contribution in [2.45, 2.75) is 13.5 Å². The summed E-state index contributed by atoms with van der Waals surface area (Å²) < 4.78 is 5.45. The molecule has 1 heterocycles. The van der Waals surface area contributed by atoms with Crippen LogP contribution < -0.4 is 5.32 Å². The van der Waals surface area contributed by atoms with Crippen molar-refractivity contribution in [3.63, 3.8) is 0 Å². The maximum absolute atomic E-state index is 8.88. The Kier molecular flexibility index (Phi) is 3.59. The van der Waals surface area contributed by atoms with E-state index in [1.807, 2.05) is 24.3 Å². The van der Waals surface area contributed by atoms with Gasteiger partial charge in [0.25, 0.3) is 0 Å². The minimum absolute atomic E-state index is 0.665. The fourth-order valence-corrected chi connectivity index (χ4v) is 1.73. The first-order valence-corrected chi connectivity index (χ1v) is 5.62. The van der Waals surface area contributed by atoms with Crippen LogP contribution in [-0.4, -0.2) is 6.54 Å². The second kappa shape index (κ2) is 5.33. The lowest BCUT2D eigenvalue weighted by Gasteiger charge is -2.03. The maximum Gasteiger partial charge on any atom is 0.125 e. The third-order valence-electron chi connectivity index (χ3n) is 2.58. The van der Waals surface area contributed by atoms with E-state index in [1.165, 1.54) is 0 Å². The van der Waals surface area contributed by atoms with E-state index in [4.69, 9.17) is 9.68 Å². The van der Waals surface area contributed by atoms with Crippen LogP contribution in [0.4, 0.5) is 0 Å². The largest absolute Gasteiger partial charge is 0.467 e. The molecule has 0 spiro atoms. The molecular formula is C14H14N2O. The topological polar surface area (TPSA) is 49.0 Å². The Morgan fingerprint density at radius 1 is 1.35 bits per heavy atom. The molecule has 0 aliphatic heterocycles. The highest BCUT2D eigenvalue weighted by molar-refractivity contribution is 5.66. The number of nitrogens with zero attached hydrogens (tertiary/aromatic N) is 1. The van der Waals surface area contributed by atoms with Crippen molar-refractivity contribution in [3.05, 3.63) is 47.9 Å². The lowest BCUT2D eigenvalue weighted by atomic mass is 10.0. The predicted octanol–water partition coefficient (Wildman–Crippen LogP) is 2.93. The molecule has 17 heavy (non-hydrogen) atoms.